The third-order valence-corrected chi connectivity index (χ3v) is 7.25. The number of nitrogens with one attached hydrogen (secondary N) is 1. The molecular formula is C22H28FN9O3S. The number of sulfonamides is 1. The predicted molar refractivity (Wildman–Crippen MR) is 133 cm³/mol. The van der Waals surface area contributed by atoms with Gasteiger partial charge in [-0.1, -0.05) is 0 Å². The van der Waals surface area contributed by atoms with Gasteiger partial charge in [0, 0.05) is 44.5 Å². The number of hydrogen-bond donors (Lipinski definition) is 2. The summed E-state index contributed by atoms with van der Waals surface area (Å²) in [4.78, 5) is 23.5. The number of halogens is 1. The molecule has 3 N–H and O–H groups in total. The Balaban J connectivity index is 1.67. The van der Waals surface area contributed by atoms with Gasteiger partial charge in [0.15, 0.2) is 11.6 Å². The van der Waals surface area contributed by atoms with Gasteiger partial charge in [-0.05, 0) is 25.5 Å². The van der Waals surface area contributed by atoms with E-state index in [2.05, 4.69) is 35.1 Å². The molecule has 0 aliphatic carbocycles. The first-order chi connectivity index (χ1) is 17.0. The number of aryl methyl sites for hydroxylation is 1. The quantitative estimate of drug-likeness (QED) is 0.471. The minimum Gasteiger partial charge on any atom is -0.479 e. The number of nitrogens with two attached hydrogens (primary N) is 1. The van der Waals surface area contributed by atoms with Crippen molar-refractivity contribution in [2.24, 2.45) is 0 Å². The van der Waals surface area contributed by atoms with Crippen molar-refractivity contribution in [2.75, 3.05) is 50.6 Å². The minimum absolute atomic E-state index is 0.0626. The van der Waals surface area contributed by atoms with Gasteiger partial charge >= 0.3 is 0 Å². The number of nitrogen functional groups attached to an aromatic ring is 1. The average Bonchev–Trinajstić information content (AvgIpc) is 2.83. The smallest absolute Gasteiger partial charge is 0.250 e. The molecule has 14 heteroatoms. The third kappa shape index (κ3) is 5.66. The first-order valence-electron chi connectivity index (χ1n) is 11.2. The van der Waals surface area contributed by atoms with Gasteiger partial charge in [-0.3, -0.25) is 4.90 Å². The summed E-state index contributed by atoms with van der Waals surface area (Å²) < 4.78 is 44.3. The molecule has 0 spiro atoms. The lowest BCUT2D eigenvalue weighted by atomic mass is 10.1. The zero-order valence-corrected chi connectivity index (χ0v) is 21.3. The van der Waals surface area contributed by atoms with Crippen LogP contribution in [-0.2, 0) is 10.0 Å². The molecule has 3 aromatic rings. The van der Waals surface area contributed by atoms with Gasteiger partial charge in [-0.15, -0.1) is 0 Å². The average molecular weight is 518 g/mol. The second-order valence-corrected chi connectivity index (χ2v) is 10.4. The number of pyridine rings is 2. The topological polar surface area (TPSA) is 152 Å². The fourth-order valence-electron chi connectivity index (χ4n) is 4.02. The number of piperazine rings is 1. The SMILES string of the molecule is COc1ncc(Nc2ncc([C@H](C)N3CCN(S(C)(=O)=O)CC3)cc2-c2nc(C)nc(N)n2)cc1F. The Morgan fingerprint density at radius 2 is 1.83 bits per heavy atom. The molecule has 3 aromatic heterocycles. The molecule has 0 saturated carbocycles. The maximum atomic E-state index is 14.2. The highest BCUT2D eigenvalue weighted by molar-refractivity contribution is 7.88. The number of ether oxygens (including phenoxy) is 1. The van der Waals surface area contributed by atoms with Crippen molar-refractivity contribution < 1.29 is 17.5 Å². The van der Waals surface area contributed by atoms with Crippen LogP contribution in [0.15, 0.2) is 24.5 Å². The summed E-state index contributed by atoms with van der Waals surface area (Å²) in [5.74, 6) is 0.460. The van der Waals surface area contributed by atoms with Crippen LogP contribution in [0.25, 0.3) is 11.4 Å². The first kappa shape index (κ1) is 25.6. The van der Waals surface area contributed by atoms with E-state index in [4.69, 9.17) is 10.5 Å². The fourth-order valence-corrected chi connectivity index (χ4v) is 4.84. The lowest BCUT2D eigenvalue weighted by Gasteiger charge is -2.37. The van der Waals surface area contributed by atoms with Gasteiger partial charge in [0.05, 0.1) is 30.8 Å². The van der Waals surface area contributed by atoms with Crippen molar-refractivity contribution in [3.05, 3.63) is 41.7 Å². The lowest BCUT2D eigenvalue weighted by molar-refractivity contribution is 0.146. The molecule has 1 atom stereocenters. The molecule has 1 saturated heterocycles. The van der Waals surface area contributed by atoms with Crippen molar-refractivity contribution in [3.63, 3.8) is 0 Å². The Hall–Kier alpha value is -3.49. The molecule has 4 heterocycles. The largest absolute Gasteiger partial charge is 0.479 e. The van der Waals surface area contributed by atoms with E-state index >= 15 is 0 Å². The van der Waals surface area contributed by atoms with Gasteiger partial charge < -0.3 is 15.8 Å². The molecule has 1 aliphatic rings. The van der Waals surface area contributed by atoms with Gasteiger partial charge in [0.2, 0.25) is 21.9 Å². The van der Waals surface area contributed by atoms with Crippen molar-refractivity contribution in [1.29, 1.82) is 0 Å². The molecule has 12 nitrogen and oxygen atoms in total. The van der Waals surface area contributed by atoms with Crippen LogP contribution >= 0.6 is 0 Å². The van der Waals surface area contributed by atoms with Crippen molar-refractivity contribution in [1.82, 2.24) is 34.1 Å². The summed E-state index contributed by atoms with van der Waals surface area (Å²) in [6.07, 6.45) is 4.36. The Bertz CT molecular complexity index is 1340. The van der Waals surface area contributed by atoms with E-state index in [0.29, 0.717) is 54.9 Å². The van der Waals surface area contributed by atoms with E-state index in [1.54, 1.807) is 13.1 Å². The van der Waals surface area contributed by atoms with Crippen molar-refractivity contribution >= 4 is 27.5 Å². The van der Waals surface area contributed by atoms with E-state index < -0.39 is 15.8 Å². The molecule has 36 heavy (non-hydrogen) atoms. The summed E-state index contributed by atoms with van der Waals surface area (Å²) >= 11 is 0. The number of aromatic nitrogens is 5. The summed E-state index contributed by atoms with van der Waals surface area (Å²) in [5.41, 5.74) is 7.65. The Morgan fingerprint density at radius 1 is 1.11 bits per heavy atom. The Morgan fingerprint density at radius 3 is 2.44 bits per heavy atom. The van der Waals surface area contributed by atoms with E-state index in [0.717, 1.165) is 5.56 Å². The Labute approximate surface area is 208 Å². The summed E-state index contributed by atoms with van der Waals surface area (Å²) in [7, 11) is -1.88. The monoisotopic (exact) mass is 517 g/mol. The number of methoxy groups -OCH3 is 1. The molecule has 0 unspecified atom stereocenters. The van der Waals surface area contributed by atoms with Crippen LogP contribution in [-0.4, -0.2) is 82.1 Å². The van der Waals surface area contributed by atoms with Crippen molar-refractivity contribution in [3.8, 4) is 17.3 Å². The number of anilines is 3. The van der Waals surface area contributed by atoms with E-state index in [1.165, 1.54) is 29.9 Å². The van der Waals surface area contributed by atoms with Crippen LogP contribution in [0.1, 0.15) is 24.4 Å². The van der Waals surface area contributed by atoms with Gasteiger partial charge in [0.25, 0.3) is 0 Å². The molecule has 0 bridgehead atoms. The fraction of sp³-hybridized carbons (Fsp3) is 0.409. The lowest BCUT2D eigenvalue weighted by Crippen LogP contribution is -2.48. The summed E-state index contributed by atoms with van der Waals surface area (Å²) in [5, 5.41) is 3.07. The molecule has 0 radical (unpaired) electrons. The zero-order chi connectivity index (χ0) is 26.0. The van der Waals surface area contributed by atoms with Crippen LogP contribution in [0.2, 0.25) is 0 Å². The molecule has 1 fully saturated rings. The zero-order valence-electron chi connectivity index (χ0n) is 20.4. The van der Waals surface area contributed by atoms with Crippen LogP contribution in [0.4, 0.5) is 21.8 Å². The predicted octanol–water partition coefficient (Wildman–Crippen LogP) is 1.75. The van der Waals surface area contributed by atoms with E-state index in [-0.39, 0.29) is 17.9 Å². The molecular weight excluding hydrogens is 489 g/mol. The van der Waals surface area contributed by atoms with Crippen LogP contribution in [0.5, 0.6) is 5.88 Å². The van der Waals surface area contributed by atoms with Gasteiger partial charge in [-0.25, -0.2) is 27.8 Å². The highest BCUT2D eigenvalue weighted by Crippen LogP contribution is 2.32. The Kier molecular flexibility index (Phi) is 7.28. The molecule has 4 rings (SSSR count). The molecule has 0 amide bonds. The second kappa shape index (κ2) is 10.2. The summed E-state index contributed by atoms with van der Waals surface area (Å²) in [6, 6.07) is 3.08. The minimum atomic E-state index is -3.22. The van der Waals surface area contributed by atoms with Crippen LogP contribution in [0.3, 0.4) is 0 Å². The van der Waals surface area contributed by atoms with Crippen LogP contribution < -0.4 is 15.8 Å². The van der Waals surface area contributed by atoms with E-state index in [9.17, 15) is 12.8 Å². The molecule has 192 valence electrons. The maximum Gasteiger partial charge on any atom is 0.250 e. The summed E-state index contributed by atoms with van der Waals surface area (Å²) in [6.45, 7) is 5.74. The standard InChI is InChI=1S/C22H28FN9O3S/c1-13(31-5-7-32(8-6-31)36(4,33)34)15-9-17(20-27-14(2)28-22(24)30-20)19(25-11-15)29-16-10-18(23)21(35-3)26-12-16/h9-13H,5-8H2,1-4H3,(H,25,29)(H2,24,27,28,30)/t13-/m0/s1. The maximum absolute atomic E-state index is 14.2. The number of nitrogens with zero attached hydrogens (tertiary/aromatic N) is 7. The van der Waals surface area contributed by atoms with Crippen LogP contribution in [0, 0.1) is 12.7 Å². The first-order valence-corrected chi connectivity index (χ1v) is 13.0. The number of rotatable bonds is 7. The highest BCUT2D eigenvalue weighted by Gasteiger charge is 2.27. The second-order valence-electron chi connectivity index (χ2n) is 8.44. The van der Waals surface area contributed by atoms with Gasteiger partial charge in [-0.2, -0.15) is 14.3 Å². The highest BCUT2D eigenvalue weighted by atomic mass is 32.2. The number of hydrogen-bond acceptors (Lipinski definition) is 11. The third-order valence-electron chi connectivity index (χ3n) is 5.95. The van der Waals surface area contributed by atoms with Gasteiger partial charge in [0.1, 0.15) is 11.6 Å². The molecule has 0 aromatic carbocycles. The van der Waals surface area contributed by atoms with Crippen molar-refractivity contribution in [2.45, 2.75) is 19.9 Å². The van der Waals surface area contributed by atoms with E-state index in [1.807, 2.05) is 13.0 Å². The molecule has 1 aliphatic heterocycles. The normalized spacial score (nSPS) is 16.0.